The number of hydrogen-bond acceptors (Lipinski definition) is 6. The van der Waals surface area contributed by atoms with Gasteiger partial charge in [-0.05, 0) is 74.7 Å². The van der Waals surface area contributed by atoms with E-state index in [0.717, 1.165) is 0 Å². The summed E-state index contributed by atoms with van der Waals surface area (Å²) in [5.74, 6) is -0.604. The summed E-state index contributed by atoms with van der Waals surface area (Å²) in [6, 6.07) is 0. The molecule has 0 spiro atoms. The molecule has 1 aliphatic carbocycles. The molecule has 1 rings (SSSR count). The molecule has 0 aromatic rings. The van der Waals surface area contributed by atoms with E-state index in [1.54, 1.807) is 22.6 Å². The van der Waals surface area contributed by atoms with Gasteiger partial charge < -0.3 is 31.1 Å². The summed E-state index contributed by atoms with van der Waals surface area (Å²) in [5.41, 5.74) is 0.619. The zero-order chi connectivity index (χ0) is 17.1. The maximum atomic E-state index is 12.4. The third-order valence-electron chi connectivity index (χ3n) is 2.92. The van der Waals surface area contributed by atoms with Gasteiger partial charge in [0.25, 0.3) is 5.91 Å². The highest BCUT2D eigenvalue weighted by Crippen LogP contribution is 2.45. The van der Waals surface area contributed by atoms with Crippen LogP contribution < -0.4 is 10.6 Å². The van der Waals surface area contributed by atoms with Gasteiger partial charge in [-0.3, -0.25) is 4.79 Å². The lowest BCUT2D eigenvalue weighted by molar-refractivity contribution is -0.120. The van der Waals surface area contributed by atoms with Gasteiger partial charge in [0.2, 0.25) is 0 Å². The minimum Gasteiger partial charge on any atom is -0.394 e. The van der Waals surface area contributed by atoms with Crippen molar-refractivity contribution in [2.75, 3.05) is 19.7 Å². The maximum absolute atomic E-state index is 12.4. The summed E-state index contributed by atoms with van der Waals surface area (Å²) in [5, 5.41) is 44.5. The second-order valence-corrected chi connectivity index (χ2v) is 8.45. The first-order valence-corrected chi connectivity index (χ1v) is 9.62. The van der Waals surface area contributed by atoms with Crippen LogP contribution >= 0.6 is 67.8 Å². The van der Waals surface area contributed by atoms with Crippen LogP contribution in [0.3, 0.4) is 0 Å². The van der Waals surface area contributed by atoms with E-state index in [0.29, 0.717) is 19.4 Å². The predicted octanol–water partition coefficient (Wildman–Crippen LogP) is -0.101. The fraction of sp³-hybridized carbons (Fsp3) is 0.583. The molecule has 10 heteroatoms. The van der Waals surface area contributed by atoms with Crippen molar-refractivity contribution in [2.24, 2.45) is 0 Å². The minimum absolute atomic E-state index is 0.0164. The molecule has 0 aliphatic heterocycles. The van der Waals surface area contributed by atoms with Crippen LogP contribution in [0.2, 0.25) is 0 Å². The first-order chi connectivity index (χ1) is 10.2. The van der Waals surface area contributed by atoms with Crippen LogP contribution in [0.1, 0.15) is 6.92 Å². The molecule has 0 aromatic carbocycles. The second-order valence-electron chi connectivity index (χ2n) is 4.56. The Labute approximate surface area is 169 Å². The molecule has 3 atom stereocenters. The summed E-state index contributed by atoms with van der Waals surface area (Å²) in [7, 11) is 0. The third-order valence-corrected chi connectivity index (χ3v) is 6.26. The number of hydrogen-bond donors (Lipinski definition) is 6. The number of allylic oxidation sites excluding steroid dienone is 1. The van der Waals surface area contributed by atoms with Gasteiger partial charge in [0, 0.05) is 20.2 Å². The Morgan fingerprint density at radius 1 is 1.45 bits per heavy atom. The molecule has 126 valence electrons. The van der Waals surface area contributed by atoms with Gasteiger partial charge >= 0.3 is 0 Å². The minimum atomic E-state index is -1.78. The lowest BCUT2D eigenvalue weighted by Gasteiger charge is -2.35. The monoisotopic (exact) mass is 650 g/mol. The fourth-order valence-corrected chi connectivity index (χ4v) is 6.29. The largest absolute Gasteiger partial charge is 0.394 e. The van der Waals surface area contributed by atoms with Gasteiger partial charge in [0.05, 0.1) is 24.0 Å². The number of rotatable bonds is 6. The number of carbonyl (C=O) groups is 1. The predicted molar refractivity (Wildman–Crippen MR) is 107 cm³/mol. The van der Waals surface area contributed by atoms with Crippen molar-refractivity contribution < 1.29 is 25.2 Å². The quantitative estimate of drug-likeness (QED) is 0.177. The molecule has 0 fully saturated rings. The standard InChI is InChI=1S/C12H17I3N2O5/c1-2-16-9-7(13)6(11(21)17-3-5(19)4-18)12(15,22)10(20)8(9)14/h5,10,16,18-20,22H,2-4H2,1H3,(H,17,21). The Morgan fingerprint density at radius 3 is 2.55 bits per heavy atom. The maximum Gasteiger partial charge on any atom is 0.252 e. The average molecular weight is 650 g/mol. The SMILES string of the molecule is CCNC1=C(I)C(O)C(O)(I)C(C(=O)NCC(O)CO)=C1I. The summed E-state index contributed by atoms with van der Waals surface area (Å²) < 4.78 is -0.757. The van der Waals surface area contributed by atoms with E-state index in [9.17, 15) is 20.1 Å². The highest BCUT2D eigenvalue weighted by atomic mass is 127. The van der Waals surface area contributed by atoms with Crippen LogP contribution in [-0.4, -0.2) is 61.8 Å². The van der Waals surface area contributed by atoms with E-state index in [2.05, 4.69) is 10.6 Å². The van der Waals surface area contributed by atoms with Crippen molar-refractivity contribution in [1.82, 2.24) is 10.6 Å². The molecule has 0 saturated heterocycles. The number of nitrogens with one attached hydrogen (secondary N) is 2. The molecular weight excluding hydrogens is 633 g/mol. The number of amides is 1. The van der Waals surface area contributed by atoms with Gasteiger partial charge in [0.1, 0.15) is 6.10 Å². The van der Waals surface area contributed by atoms with Gasteiger partial charge in [-0.1, -0.05) is 0 Å². The van der Waals surface area contributed by atoms with Crippen molar-refractivity contribution in [3.8, 4) is 0 Å². The van der Waals surface area contributed by atoms with Crippen molar-refractivity contribution in [1.29, 1.82) is 0 Å². The number of halogens is 3. The molecule has 0 saturated carbocycles. The van der Waals surface area contributed by atoms with Gasteiger partial charge in [-0.2, -0.15) is 0 Å². The van der Waals surface area contributed by atoms with E-state index in [4.69, 9.17) is 5.11 Å². The van der Waals surface area contributed by atoms with E-state index < -0.39 is 28.3 Å². The molecule has 1 aliphatic rings. The summed E-state index contributed by atoms with van der Waals surface area (Å²) in [6.07, 6.45) is -2.33. The van der Waals surface area contributed by atoms with Crippen molar-refractivity contribution in [2.45, 2.75) is 22.7 Å². The Bertz CT molecular complexity index is 507. The van der Waals surface area contributed by atoms with Crippen LogP contribution in [0.25, 0.3) is 0 Å². The van der Waals surface area contributed by atoms with Crippen LogP contribution in [-0.2, 0) is 4.79 Å². The molecule has 22 heavy (non-hydrogen) atoms. The van der Waals surface area contributed by atoms with E-state index in [1.807, 2.05) is 52.1 Å². The molecule has 0 radical (unpaired) electrons. The zero-order valence-corrected chi connectivity index (χ0v) is 18.1. The third kappa shape index (κ3) is 4.44. The first kappa shape index (κ1) is 20.8. The lowest BCUT2D eigenvalue weighted by Crippen LogP contribution is -2.49. The Morgan fingerprint density at radius 2 is 2.05 bits per heavy atom. The smallest absolute Gasteiger partial charge is 0.252 e. The Kier molecular flexibility index (Phi) is 8.28. The first-order valence-electron chi connectivity index (χ1n) is 6.39. The Hall–Kier alpha value is 0.780. The van der Waals surface area contributed by atoms with Crippen LogP contribution in [0.15, 0.2) is 18.4 Å². The van der Waals surface area contributed by atoms with Gasteiger partial charge in [-0.15, -0.1) is 0 Å². The lowest BCUT2D eigenvalue weighted by atomic mass is 9.96. The zero-order valence-electron chi connectivity index (χ0n) is 11.6. The number of aliphatic hydroxyl groups excluding tert-OH is 3. The van der Waals surface area contributed by atoms with Crippen molar-refractivity contribution in [3.05, 3.63) is 18.4 Å². The number of carbonyl (C=O) groups excluding carboxylic acids is 1. The number of aliphatic hydroxyl groups is 4. The molecule has 6 N–H and O–H groups in total. The molecule has 0 aromatic heterocycles. The Balaban J connectivity index is 3.18. The van der Waals surface area contributed by atoms with Gasteiger partial charge in [0.15, 0.2) is 3.61 Å². The molecular formula is C12H17I3N2O5. The van der Waals surface area contributed by atoms with Crippen molar-refractivity contribution in [3.63, 3.8) is 0 Å². The van der Waals surface area contributed by atoms with Gasteiger partial charge in [-0.25, -0.2) is 0 Å². The normalized spacial score (nSPS) is 27.0. The molecule has 7 nitrogen and oxygen atoms in total. The average Bonchev–Trinajstić information content (AvgIpc) is 2.47. The second kappa shape index (κ2) is 8.75. The van der Waals surface area contributed by atoms with Crippen LogP contribution in [0.5, 0.6) is 0 Å². The molecule has 0 heterocycles. The number of alkyl halides is 1. The van der Waals surface area contributed by atoms with Crippen molar-refractivity contribution >= 4 is 73.7 Å². The van der Waals surface area contributed by atoms with E-state index >= 15 is 0 Å². The highest BCUT2D eigenvalue weighted by molar-refractivity contribution is 14.1. The van der Waals surface area contributed by atoms with Crippen LogP contribution in [0.4, 0.5) is 0 Å². The molecule has 1 amide bonds. The molecule has 0 bridgehead atoms. The fourth-order valence-electron chi connectivity index (χ4n) is 1.79. The van der Waals surface area contributed by atoms with Crippen LogP contribution in [0, 0.1) is 0 Å². The highest BCUT2D eigenvalue weighted by Gasteiger charge is 2.47. The summed E-state index contributed by atoms with van der Waals surface area (Å²) in [6.45, 7) is 1.85. The summed E-state index contributed by atoms with van der Waals surface area (Å²) >= 11 is 5.51. The summed E-state index contributed by atoms with van der Waals surface area (Å²) in [4.78, 5) is 12.4. The number of likely N-dealkylation sites (N-methyl/N-ethyl adjacent to an activating group) is 1. The molecule has 3 unspecified atom stereocenters. The van der Waals surface area contributed by atoms with E-state index in [-0.39, 0.29) is 12.1 Å². The topological polar surface area (TPSA) is 122 Å². The van der Waals surface area contributed by atoms with E-state index in [1.165, 1.54) is 0 Å².